The van der Waals surface area contributed by atoms with E-state index in [0.717, 1.165) is 25.1 Å². The van der Waals surface area contributed by atoms with Crippen LogP contribution in [0.5, 0.6) is 0 Å². The van der Waals surface area contributed by atoms with Crippen molar-refractivity contribution in [1.29, 1.82) is 0 Å². The van der Waals surface area contributed by atoms with Crippen LogP contribution < -0.4 is 5.32 Å². The second-order valence-corrected chi connectivity index (χ2v) is 4.95. The molecule has 2 rings (SSSR count). The number of hydrogen-bond donors (Lipinski definition) is 1. The fourth-order valence-electron chi connectivity index (χ4n) is 2.63. The molecule has 4 heteroatoms. The molecule has 0 unspecified atom stereocenters. The second-order valence-electron chi connectivity index (χ2n) is 4.95. The minimum absolute atomic E-state index is 0.131. The first-order valence-corrected chi connectivity index (χ1v) is 7.46. The van der Waals surface area contributed by atoms with E-state index in [1.54, 1.807) is 0 Å². The van der Waals surface area contributed by atoms with Crippen LogP contribution in [-0.4, -0.2) is 43.7 Å². The lowest BCUT2D eigenvalue weighted by atomic mass is 9.95. The van der Waals surface area contributed by atoms with Crippen LogP contribution in [0.25, 0.3) is 0 Å². The Hall–Kier alpha value is -1.39. The van der Waals surface area contributed by atoms with Crippen molar-refractivity contribution < 1.29 is 9.53 Å². The molecule has 0 fully saturated rings. The Morgan fingerprint density at radius 1 is 1.40 bits per heavy atom. The van der Waals surface area contributed by atoms with Gasteiger partial charge in [0.05, 0.1) is 6.61 Å². The van der Waals surface area contributed by atoms with Gasteiger partial charge >= 0.3 is 0 Å². The van der Waals surface area contributed by atoms with Crippen LogP contribution in [0.15, 0.2) is 18.2 Å². The number of amides is 1. The van der Waals surface area contributed by atoms with Crippen molar-refractivity contribution in [2.45, 2.75) is 26.8 Å². The van der Waals surface area contributed by atoms with Gasteiger partial charge < -0.3 is 15.0 Å². The summed E-state index contributed by atoms with van der Waals surface area (Å²) in [7, 11) is 0. The third-order valence-corrected chi connectivity index (χ3v) is 3.75. The number of hydrogen-bond acceptors (Lipinski definition) is 3. The summed E-state index contributed by atoms with van der Waals surface area (Å²) in [6.07, 6.45) is 0.931. The van der Waals surface area contributed by atoms with E-state index >= 15 is 0 Å². The van der Waals surface area contributed by atoms with Crippen molar-refractivity contribution in [1.82, 2.24) is 10.2 Å². The van der Waals surface area contributed by atoms with Gasteiger partial charge in [0, 0.05) is 31.8 Å². The Morgan fingerprint density at radius 2 is 2.25 bits per heavy atom. The number of nitrogens with zero attached hydrogens (tertiary/aromatic N) is 1. The van der Waals surface area contributed by atoms with Crippen LogP contribution in [0.3, 0.4) is 0 Å². The quantitative estimate of drug-likeness (QED) is 0.806. The molecule has 1 aliphatic rings. The van der Waals surface area contributed by atoms with Crippen LogP contribution in [0.1, 0.15) is 35.3 Å². The van der Waals surface area contributed by atoms with E-state index in [0.29, 0.717) is 26.3 Å². The maximum absolute atomic E-state index is 12.7. The molecular formula is C16H24N2O2. The molecular weight excluding hydrogens is 252 g/mol. The standard InChI is InChI=1S/C16H24N2O2/c1-3-18(10-11-20-4-2)16(19)15-7-5-6-13-12-17-9-8-14(13)15/h5-7,17H,3-4,8-12H2,1-2H3. The van der Waals surface area contributed by atoms with Crippen molar-refractivity contribution >= 4 is 5.91 Å². The van der Waals surface area contributed by atoms with Gasteiger partial charge in [0.1, 0.15) is 0 Å². The van der Waals surface area contributed by atoms with Crippen molar-refractivity contribution in [3.05, 3.63) is 34.9 Å². The summed E-state index contributed by atoms with van der Waals surface area (Å²) in [4.78, 5) is 14.6. The molecule has 1 aliphatic heterocycles. The van der Waals surface area contributed by atoms with E-state index in [2.05, 4.69) is 11.4 Å². The van der Waals surface area contributed by atoms with E-state index in [1.807, 2.05) is 30.9 Å². The average Bonchev–Trinajstić information content (AvgIpc) is 2.50. The number of carbonyl (C=O) groups excluding carboxylic acids is 1. The highest BCUT2D eigenvalue weighted by Crippen LogP contribution is 2.20. The summed E-state index contributed by atoms with van der Waals surface area (Å²) >= 11 is 0. The lowest BCUT2D eigenvalue weighted by molar-refractivity contribution is 0.0668. The molecule has 0 atom stereocenters. The van der Waals surface area contributed by atoms with Crippen LogP contribution in [-0.2, 0) is 17.7 Å². The smallest absolute Gasteiger partial charge is 0.254 e. The van der Waals surface area contributed by atoms with Gasteiger partial charge in [0.15, 0.2) is 0 Å². The topological polar surface area (TPSA) is 41.6 Å². The lowest BCUT2D eigenvalue weighted by Crippen LogP contribution is -2.35. The largest absolute Gasteiger partial charge is 0.380 e. The van der Waals surface area contributed by atoms with Crippen LogP contribution in [0.2, 0.25) is 0 Å². The van der Waals surface area contributed by atoms with E-state index in [1.165, 1.54) is 11.1 Å². The van der Waals surface area contributed by atoms with Crippen molar-refractivity contribution in [3.8, 4) is 0 Å². The molecule has 1 aromatic carbocycles. The zero-order valence-corrected chi connectivity index (χ0v) is 12.4. The monoisotopic (exact) mass is 276 g/mol. The van der Waals surface area contributed by atoms with Gasteiger partial charge in [-0.3, -0.25) is 4.79 Å². The first-order chi connectivity index (χ1) is 9.77. The summed E-state index contributed by atoms with van der Waals surface area (Å²) in [5.74, 6) is 0.131. The number of likely N-dealkylation sites (N-methyl/N-ethyl adjacent to an activating group) is 1. The van der Waals surface area contributed by atoms with E-state index < -0.39 is 0 Å². The highest BCUT2D eigenvalue weighted by Gasteiger charge is 2.20. The SMILES string of the molecule is CCOCCN(CC)C(=O)c1cccc2c1CCNC2. The molecule has 0 saturated heterocycles. The fourth-order valence-corrected chi connectivity index (χ4v) is 2.63. The lowest BCUT2D eigenvalue weighted by Gasteiger charge is -2.25. The molecule has 0 spiro atoms. The van der Waals surface area contributed by atoms with Gasteiger partial charge in [-0.25, -0.2) is 0 Å². The maximum atomic E-state index is 12.7. The molecule has 1 N–H and O–H groups in total. The molecule has 1 aromatic rings. The molecule has 1 heterocycles. The molecule has 1 amide bonds. The van der Waals surface area contributed by atoms with Crippen LogP contribution in [0, 0.1) is 0 Å². The number of ether oxygens (including phenoxy) is 1. The predicted octanol–water partition coefficient (Wildman–Crippen LogP) is 1.83. The minimum Gasteiger partial charge on any atom is -0.380 e. The predicted molar refractivity (Wildman–Crippen MR) is 79.9 cm³/mol. The molecule has 20 heavy (non-hydrogen) atoms. The molecule has 0 bridgehead atoms. The Balaban J connectivity index is 2.15. The normalized spacial score (nSPS) is 13.9. The molecule has 110 valence electrons. The minimum atomic E-state index is 0.131. The van der Waals surface area contributed by atoms with Crippen LogP contribution >= 0.6 is 0 Å². The first kappa shape index (κ1) is 15.0. The number of rotatable bonds is 6. The molecule has 4 nitrogen and oxygen atoms in total. The number of nitrogens with one attached hydrogen (secondary N) is 1. The first-order valence-electron chi connectivity index (χ1n) is 7.46. The van der Waals surface area contributed by atoms with Gasteiger partial charge in [-0.2, -0.15) is 0 Å². The number of fused-ring (bicyclic) bond motifs is 1. The molecule has 0 saturated carbocycles. The van der Waals surface area contributed by atoms with Gasteiger partial charge in [-0.1, -0.05) is 12.1 Å². The second kappa shape index (κ2) is 7.41. The molecule has 0 aromatic heterocycles. The number of benzene rings is 1. The molecule has 0 radical (unpaired) electrons. The average molecular weight is 276 g/mol. The van der Waals surface area contributed by atoms with Gasteiger partial charge in [0.2, 0.25) is 0 Å². The van der Waals surface area contributed by atoms with Gasteiger partial charge in [0.25, 0.3) is 5.91 Å². The summed E-state index contributed by atoms with van der Waals surface area (Å²) in [6.45, 7) is 8.47. The van der Waals surface area contributed by atoms with Gasteiger partial charge in [-0.05, 0) is 44.0 Å². The Labute approximate surface area is 121 Å². The van der Waals surface area contributed by atoms with E-state index in [4.69, 9.17) is 4.74 Å². The Morgan fingerprint density at radius 3 is 3.00 bits per heavy atom. The number of carbonyl (C=O) groups is 1. The summed E-state index contributed by atoms with van der Waals surface area (Å²) in [5.41, 5.74) is 3.33. The van der Waals surface area contributed by atoms with Gasteiger partial charge in [-0.15, -0.1) is 0 Å². The van der Waals surface area contributed by atoms with E-state index in [9.17, 15) is 4.79 Å². The summed E-state index contributed by atoms with van der Waals surface area (Å²) in [6, 6.07) is 6.04. The third kappa shape index (κ3) is 3.38. The van der Waals surface area contributed by atoms with Crippen molar-refractivity contribution in [2.24, 2.45) is 0 Å². The highest BCUT2D eigenvalue weighted by molar-refractivity contribution is 5.96. The highest BCUT2D eigenvalue weighted by atomic mass is 16.5. The Kier molecular flexibility index (Phi) is 5.56. The van der Waals surface area contributed by atoms with Crippen molar-refractivity contribution in [2.75, 3.05) is 32.8 Å². The summed E-state index contributed by atoms with van der Waals surface area (Å²) < 4.78 is 5.36. The van der Waals surface area contributed by atoms with E-state index in [-0.39, 0.29) is 5.91 Å². The fraction of sp³-hybridized carbons (Fsp3) is 0.562. The summed E-state index contributed by atoms with van der Waals surface area (Å²) in [5, 5.41) is 3.35. The Bertz CT molecular complexity index is 460. The molecule has 0 aliphatic carbocycles. The van der Waals surface area contributed by atoms with Crippen LogP contribution in [0.4, 0.5) is 0 Å². The third-order valence-electron chi connectivity index (χ3n) is 3.75. The van der Waals surface area contributed by atoms with Crippen molar-refractivity contribution in [3.63, 3.8) is 0 Å². The maximum Gasteiger partial charge on any atom is 0.254 e. The zero-order valence-electron chi connectivity index (χ0n) is 12.4. The zero-order chi connectivity index (χ0) is 14.4.